The summed E-state index contributed by atoms with van der Waals surface area (Å²) in [5, 5.41) is 13.7. The summed E-state index contributed by atoms with van der Waals surface area (Å²) in [5.41, 5.74) is 1.64. The predicted molar refractivity (Wildman–Crippen MR) is 141 cm³/mol. The summed E-state index contributed by atoms with van der Waals surface area (Å²) in [7, 11) is 0. The summed E-state index contributed by atoms with van der Waals surface area (Å²) >= 11 is 0. The van der Waals surface area contributed by atoms with E-state index in [1.54, 1.807) is 30.5 Å². The molecule has 0 amide bonds. The number of H-pyrrole nitrogens is 1. The van der Waals surface area contributed by atoms with E-state index in [-0.39, 0.29) is 17.6 Å². The Bertz CT molecular complexity index is 1370. The number of nitrogens with one attached hydrogen (secondary N) is 2. The predicted octanol–water partition coefficient (Wildman–Crippen LogP) is 5.29. The van der Waals surface area contributed by atoms with Crippen molar-refractivity contribution >= 4 is 28.4 Å². The Hall–Kier alpha value is -4.04. The summed E-state index contributed by atoms with van der Waals surface area (Å²) < 4.78 is 5.84. The van der Waals surface area contributed by atoms with Gasteiger partial charge in [0, 0.05) is 24.2 Å². The highest BCUT2D eigenvalue weighted by atomic mass is 16.5. The number of aliphatic hydroxyl groups is 1. The molecule has 1 aliphatic carbocycles. The average molecular weight is 499 g/mol. The Morgan fingerprint density at radius 1 is 1.03 bits per heavy atom. The number of para-hydroxylation sites is 1. The van der Waals surface area contributed by atoms with E-state index in [0.29, 0.717) is 46.1 Å². The zero-order valence-corrected chi connectivity index (χ0v) is 20.7. The smallest absolute Gasteiger partial charge is 0.195 e. The van der Waals surface area contributed by atoms with Gasteiger partial charge in [0.15, 0.2) is 11.6 Å². The van der Waals surface area contributed by atoms with Crippen LogP contribution in [0.25, 0.3) is 11.0 Å². The number of aliphatic hydroxyl groups excluding tert-OH is 1. The minimum atomic E-state index is -0.901. The van der Waals surface area contributed by atoms with E-state index < -0.39 is 6.10 Å². The molecule has 0 saturated heterocycles. The molecular weight excluding hydrogens is 468 g/mol. The van der Waals surface area contributed by atoms with Gasteiger partial charge in [-0.3, -0.25) is 9.59 Å². The number of hydrogen-bond acceptors (Lipinski definition) is 7. The maximum atomic E-state index is 13.4. The summed E-state index contributed by atoms with van der Waals surface area (Å²) in [5.74, 6) is 2.08. The van der Waals surface area contributed by atoms with Crippen molar-refractivity contribution in [1.29, 1.82) is 0 Å². The van der Waals surface area contributed by atoms with Crippen LogP contribution in [0.15, 0.2) is 67.1 Å². The first-order valence-corrected chi connectivity index (χ1v) is 12.6. The third kappa shape index (κ3) is 5.70. The largest absolute Gasteiger partial charge is 0.457 e. The quantitative estimate of drug-likeness (QED) is 0.268. The highest BCUT2D eigenvalue weighted by Crippen LogP contribution is 2.32. The van der Waals surface area contributed by atoms with Gasteiger partial charge in [0.25, 0.3) is 0 Å². The highest BCUT2D eigenvalue weighted by Gasteiger charge is 2.26. The molecule has 0 aliphatic heterocycles. The van der Waals surface area contributed by atoms with Gasteiger partial charge >= 0.3 is 0 Å². The molecule has 5 rings (SSSR count). The van der Waals surface area contributed by atoms with Crippen molar-refractivity contribution in [1.82, 2.24) is 15.0 Å². The first-order chi connectivity index (χ1) is 18.0. The van der Waals surface area contributed by atoms with Crippen LogP contribution < -0.4 is 10.1 Å². The molecule has 1 atom stereocenters. The first-order valence-electron chi connectivity index (χ1n) is 12.6. The minimum Gasteiger partial charge on any atom is -0.457 e. The van der Waals surface area contributed by atoms with Gasteiger partial charge in [0.2, 0.25) is 0 Å². The highest BCUT2D eigenvalue weighted by molar-refractivity contribution is 6.18. The molecule has 2 aromatic heterocycles. The molecule has 0 spiro atoms. The van der Waals surface area contributed by atoms with Crippen molar-refractivity contribution < 1.29 is 19.4 Å². The number of hydrogen-bond donors (Lipinski definition) is 3. The van der Waals surface area contributed by atoms with Crippen molar-refractivity contribution in [3.8, 4) is 11.5 Å². The Morgan fingerprint density at radius 3 is 2.43 bits per heavy atom. The summed E-state index contributed by atoms with van der Waals surface area (Å²) in [6.07, 6.45) is 6.27. The van der Waals surface area contributed by atoms with Crippen LogP contribution in [0.5, 0.6) is 11.5 Å². The maximum Gasteiger partial charge on any atom is 0.195 e. The number of benzene rings is 2. The number of fused-ring (bicyclic) bond motifs is 1. The normalized spacial score (nSPS) is 18.3. The fourth-order valence-corrected chi connectivity index (χ4v) is 4.87. The summed E-state index contributed by atoms with van der Waals surface area (Å²) in [6, 6.07) is 16.8. The molecule has 0 unspecified atom stereocenters. The molecule has 1 saturated carbocycles. The number of carbonyl (C=O) groups is 2. The van der Waals surface area contributed by atoms with Gasteiger partial charge in [0.05, 0.1) is 10.9 Å². The fourth-order valence-electron chi connectivity index (χ4n) is 4.87. The number of Topliss-reactive ketones (excluding diaryl/α,β-unsaturated/α-hetero) is 1. The van der Waals surface area contributed by atoms with E-state index in [9.17, 15) is 14.7 Å². The van der Waals surface area contributed by atoms with Crippen molar-refractivity contribution in [2.75, 3.05) is 5.32 Å². The zero-order chi connectivity index (χ0) is 25.8. The molecule has 37 heavy (non-hydrogen) atoms. The monoisotopic (exact) mass is 498 g/mol. The van der Waals surface area contributed by atoms with Crippen molar-refractivity contribution in [2.24, 2.45) is 5.92 Å². The van der Waals surface area contributed by atoms with E-state index in [4.69, 9.17) is 4.74 Å². The van der Waals surface area contributed by atoms with E-state index >= 15 is 0 Å². The van der Waals surface area contributed by atoms with Gasteiger partial charge < -0.3 is 20.1 Å². The van der Waals surface area contributed by atoms with Gasteiger partial charge in [-0.15, -0.1) is 0 Å². The van der Waals surface area contributed by atoms with Crippen LogP contribution in [0.1, 0.15) is 54.9 Å². The van der Waals surface area contributed by atoms with Gasteiger partial charge in [-0.05, 0) is 74.9 Å². The Balaban J connectivity index is 1.29. The van der Waals surface area contributed by atoms with Crippen LogP contribution in [-0.4, -0.2) is 43.8 Å². The maximum absolute atomic E-state index is 13.4. The molecule has 1 aliphatic rings. The minimum absolute atomic E-state index is 0.0935. The van der Waals surface area contributed by atoms with Crippen molar-refractivity contribution in [3.05, 3.63) is 78.2 Å². The second kappa shape index (κ2) is 10.9. The number of ether oxygens (including phenoxy) is 1. The lowest BCUT2D eigenvalue weighted by Gasteiger charge is -2.29. The van der Waals surface area contributed by atoms with Gasteiger partial charge in [-0.25, -0.2) is 9.97 Å². The van der Waals surface area contributed by atoms with E-state index in [2.05, 4.69) is 20.3 Å². The van der Waals surface area contributed by atoms with Crippen molar-refractivity contribution in [2.45, 2.75) is 51.2 Å². The van der Waals surface area contributed by atoms with Crippen LogP contribution in [0.3, 0.4) is 0 Å². The topological polar surface area (TPSA) is 117 Å². The molecule has 2 heterocycles. The second-order valence-corrected chi connectivity index (χ2v) is 9.63. The lowest BCUT2D eigenvalue weighted by molar-refractivity contribution is -0.127. The van der Waals surface area contributed by atoms with Crippen molar-refractivity contribution in [3.63, 3.8) is 0 Å². The zero-order valence-electron chi connectivity index (χ0n) is 20.7. The fraction of sp³-hybridized carbons (Fsp3) is 0.310. The van der Waals surface area contributed by atoms with E-state index in [0.717, 1.165) is 31.4 Å². The molecule has 4 aromatic rings. The molecule has 0 bridgehead atoms. The van der Waals surface area contributed by atoms with Crippen LogP contribution in [-0.2, 0) is 4.79 Å². The van der Waals surface area contributed by atoms with Crippen LogP contribution in [0.4, 0.5) is 5.82 Å². The third-order valence-corrected chi connectivity index (χ3v) is 6.95. The standard InChI is InChI=1S/C29H30N4O4/c1-18(34)25(35)15-19-7-11-21(12-8-19)33-29-26-24(16-30-28(26)31-17-32-29)27(36)20-9-13-23(14-10-20)37-22-5-3-2-4-6-22/h2-6,9-10,13-14,16-19,21,34H,7-8,11-12,15H2,1H3,(H2,30,31,32,33)/t18-,19?,21?/m1/s1. The summed E-state index contributed by atoms with van der Waals surface area (Å²) in [4.78, 5) is 37.2. The second-order valence-electron chi connectivity index (χ2n) is 9.63. The third-order valence-electron chi connectivity index (χ3n) is 6.95. The van der Waals surface area contributed by atoms with Gasteiger partial charge in [0.1, 0.15) is 35.4 Å². The number of anilines is 1. The Morgan fingerprint density at radius 2 is 1.73 bits per heavy atom. The number of aromatic nitrogens is 3. The number of aromatic amines is 1. The molecule has 8 nitrogen and oxygen atoms in total. The van der Waals surface area contributed by atoms with Crippen LogP contribution >= 0.6 is 0 Å². The van der Waals surface area contributed by atoms with Gasteiger partial charge in [-0.2, -0.15) is 0 Å². The SMILES string of the molecule is C[C@@H](O)C(=O)CC1CCC(Nc2ncnc3[nH]cc(C(=O)c4ccc(Oc5ccccc5)cc4)c23)CC1. The van der Waals surface area contributed by atoms with Gasteiger partial charge in [-0.1, -0.05) is 18.2 Å². The van der Waals surface area contributed by atoms with Crippen LogP contribution in [0.2, 0.25) is 0 Å². The lowest BCUT2D eigenvalue weighted by atomic mass is 9.82. The Kier molecular flexibility index (Phi) is 7.28. The Labute approximate surface area is 215 Å². The van der Waals surface area contributed by atoms with E-state index in [1.165, 1.54) is 13.3 Å². The molecule has 2 aromatic carbocycles. The van der Waals surface area contributed by atoms with E-state index in [1.807, 2.05) is 30.3 Å². The summed E-state index contributed by atoms with van der Waals surface area (Å²) in [6.45, 7) is 1.53. The molecule has 190 valence electrons. The average Bonchev–Trinajstić information content (AvgIpc) is 3.36. The molecule has 3 N–H and O–H groups in total. The van der Waals surface area contributed by atoms with Crippen LogP contribution in [0, 0.1) is 5.92 Å². The molecular formula is C29H30N4O4. The molecule has 0 radical (unpaired) electrons. The number of ketones is 2. The number of nitrogens with zero attached hydrogens (tertiary/aromatic N) is 2. The molecule has 1 fully saturated rings. The first kappa shape index (κ1) is 24.6. The lowest BCUT2D eigenvalue weighted by Crippen LogP contribution is -2.29. The molecule has 8 heteroatoms. The number of rotatable bonds is 9. The number of carbonyl (C=O) groups excluding carboxylic acids is 2.